The molecule has 1 aliphatic heterocycles. The summed E-state index contributed by atoms with van der Waals surface area (Å²) in [6.45, 7) is 0.562. The molecule has 1 aromatic heterocycles. The van der Waals surface area contributed by atoms with E-state index in [-0.39, 0.29) is 29.1 Å². The number of aromatic nitrogens is 2. The number of amides is 1. The Hall–Kier alpha value is -1.56. The molecule has 0 aliphatic carbocycles. The summed E-state index contributed by atoms with van der Waals surface area (Å²) in [5.41, 5.74) is 0.231. The molecule has 1 amide bonds. The highest BCUT2D eigenvalue weighted by Crippen LogP contribution is 2.23. The van der Waals surface area contributed by atoms with Crippen LogP contribution >= 0.6 is 11.6 Å². The lowest BCUT2D eigenvalue weighted by atomic mass is 9.99. The van der Waals surface area contributed by atoms with Crippen LogP contribution in [0.5, 0.6) is 0 Å². The van der Waals surface area contributed by atoms with Crippen molar-refractivity contribution in [1.29, 1.82) is 0 Å². The molecule has 0 unspecified atom stereocenters. The predicted octanol–water partition coefficient (Wildman–Crippen LogP) is 1.53. The molecule has 0 bridgehead atoms. The summed E-state index contributed by atoms with van der Waals surface area (Å²) in [4.78, 5) is 24.6. The molecule has 2 rings (SSSR count). The first kappa shape index (κ1) is 12.9. The highest BCUT2D eigenvalue weighted by Gasteiger charge is 2.30. The standard InChI is InChI=1S/C11H14ClN3O3/c12-8-6-13-14-10(8)11(18)15-4-2-1-3-7(15)5-9(16)17/h6-7H,1-5H2,(H,13,14)(H,16,17)/t7-/m0/s1. The number of carbonyl (C=O) groups is 2. The molecule has 1 saturated heterocycles. The summed E-state index contributed by atoms with van der Waals surface area (Å²) in [5, 5.41) is 15.4. The zero-order valence-corrected chi connectivity index (χ0v) is 10.5. The molecule has 0 saturated carbocycles. The molecule has 0 spiro atoms. The molecular weight excluding hydrogens is 258 g/mol. The molecule has 0 radical (unpaired) electrons. The molecule has 1 fully saturated rings. The second-order valence-electron chi connectivity index (χ2n) is 4.34. The van der Waals surface area contributed by atoms with Crippen LogP contribution in [0.3, 0.4) is 0 Å². The second-order valence-corrected chi connectivity index (χ2v) is 4.75. The Balaban J connectivity index is 2.16. The van der Waals surface area contributed by atoms with E-state index in [4.69, 9.17) is 16.7 Å². The maximum atomic E-state index is 12.3. The van der Waals surface area contributed by atoms with Gasteiger partial charge >= 0.3 is 5.97 Å². The average Bonchev–Trinajstić information content (AvgIpc) is 2.74. The third-order valence-electron chi connectivity index (χ3n) is 3.11. The van der Waals surface area contributed by atoms with Crippen molar-refractivity contribution < 1.29 is 14.7 Å². The van der Waals surface area contributed by atoms with Gasteiger partial charge in [0.15, 0.2) is 0 Å². The van der Waals surface area contributed by atoms with E-state index in [0.29, 0.717) is 13.0 Å². The maximum absolute atomic E-state index is 12.3. The van der Waals surface area contributed by atoms with Crippen molar-refractivity contribution in [3.63, 3.8) is 0 Å². The molecule has 2 heterocycles. The number of nitrogens with zero attached hydrogens (tertiary/aromatic N) is 2. The average molecular weight is 272 g/mol. The molecule has 98 valence electrons. The lowest BCUT2D eigenvalue weighted by Crippen LogP contribution is -2.45. The van der Waals surface area contributed by atoms with E-state index in [1.54, 1.807) is 4.90 Å². The lowest BCUT2D eigenvalue weighted by Gasteiger charge is -2.34. The zero-order valence-electron chi connectivity index (χ0n) is 9.73. The van der Waals surface area contributed by atoms with Crippen LogP contribution in [0.25, 0.3) is 0 Å². The van der Waals surface area contributed by atoms with Crippen molar-refractivity contribution in [3.05, 3.63) is 16.9 Å². The fourth-order valence-corrected chi connectivity index (χ4v) is 2.42. The summed E-state index contributed by atoms with van der Waals surface area (Å²) in [6.07, 6.45) is 3.87. The summed E-state index contributed by atoms with van der Waals surface area (Å²) in [6, 6.07) is -0.261. The number of H-pyrrole nitrogens is 1. The fourth-order valence-electron chi connectivity index (χ4n) is 2.25. The first-order chi connectivity index (χ1) is 8.59. The van der Waals surface area contributed by atoms with E-state index in [2.05, 4.69) is 10.2 Å². The normalized spacial score (nSPS) is 19.8. The number of rotatable bonds is 3. The van der Waals surface area contributed by atoms with Crippen molar-refractivity contribution in [1.82, 2.24) is 15.1 Å². The van der Waals surface area contributed by atoms with Crippen LogP contribution in [0.15, 0.2) is 6.20 Å². The number of carboxylic acid groups (broad SMARTS) is 1. The third-order valence-corrected chi connectivity index (χ3v) is 3.39. The smallest absolute Gasteiger partial charge is 0.305 e. The minimum absolute atomic E-state index is 0.0303. The minimum atomic E-state index is -0.893. The van der Waals surface area contributed by atoms with Crippen molar-refractivity contribution in [3.8, 4) is 0 Å². The number of nitrogens with one attached hydrogen (secondary N) is 1. The molecule has 0 aromatic carbocycles. The van der Waals surface area contributed by atoms with Gasteiger partial charge in [-0.3, -0.25) is 14.7 Å². The van der Waals surface area contributed by atoms with Gasteiger partial charge in [0, 0.05) is 12.6 Å². The first-order valence-corrected chi connectivity index (χ1v) is 6.19. The molecular formula is C11H14ClN3O3. The molecule has 18 heavy (non-hydrogen) atoms. The van der Waals surface area contributed by atoms with Crippen LogP contribution in [-0.2, 0) is 4.79 Å². The van der Waals surface area contributed by atoms with Crippen LogP contribution in [0.1, 0.15) is 36.2 Å². The highest BCUT2D eigenvalue weighted by molar-refractivity contribution is 6.33. The summed E-state index contributed by atoms with van der Waals surface area (Å²) in [7, 11) is 0. The lowest BCUT2D eigenvalue weighted by molar-refractivity contribution is -0.138. The van der Waals surface area contributed by atoms with E-state index < -0.39 is 5.97 Å². The van der Waals surface area contributed by atoms with Crippen molar-refractivity contribution >= 4 is 23.5 Å². The van der Waals surface area contributed by atoms with Crippen molar-refractivity contribution in [2.45, 2.75) is 31.7 Å². The van der Waals surface area contributed by atoms with Gasteiger partial charge in [0.1, 0.15) is 5.69 Å². The van der Waals surface area contributed by atoms with Crippen LogP contribution in [0.4, 0.5) is 0 Å². The minimum Gasteiger partial charge on any atom is -0.481 e. The fraction of sp³-hybridized carbons (Fsp3) is 0.545. The quantitative estimate of drug-likeness (QED) is 0.873. The van der Waals surface area contributed by atoms with Gasteiger partial charge in [-0.2, -0.15) is 5.10 Å². The van der Waals surface area contributed by atoms with Crippen LogP contribution in [0, 0.1) is 0 Å². The van der Waals surface area contributed by atoms with E-state index in [1.165, 1.54) is 6.20 Å². The number of hydrogen-bond acceptors (Lipinski definition) is 3. The van der Waals surface area contributed by atoms with E-state index >= 15 is 0 Å². The number of likely N-dealkylation sites (tertiary alicyclic amines) is 1. The molecule has 7 heteroatoms. The molecule has 1 aromatic rings. The summed E-state index contributed by atoms with van der Waals surface area (Å²) in [5.74, 6) is -1.17. The maximum Gasteiger partial charge on any atom is 0.305 e. The van der Waals surface area contributed by atoms with E-state index in [1.807, 2.05) is 0 Å². The number of carbonyl (C=O) groups excluding carboxylic acids is 1. The largest absolute Gasteiger partial charge is 0.481 e. The number of halogens is 1. The van der Waals surface area contributed by atoms with Crippen LogP contribution in [-0.4, -0.2) is 44.7 Å². The van der Waals surface area contributed by atoms with Gasteiger partial charge in [0.25, 0.3) is 5.91 Å². The highest BCUT2D eigenvalue weighted by atomic mass is 35.5. The van der Waals surface area contributed by atoms with Gasteiger partial charge in [0.05, 0.1) is 17.6 Å². The van der Waals surface area contributed by atoms with Gasteiger partial charge in [-0.1, -0.05) is 11.6 Å². The Bertz CT molecular complexity index is 460. The number of carboxylic acids is 1. The first-order valence-electron chi connectivity index (χ1n) is 5.81. The van der Waals surface area contributed by atoms with Crippen LogP contribution < -0.4 is 0 Å². The van der Waals surface area contributed by atoms with Crippen LogP contribution in [0.2, 0.25) is 5.02 Å². The number of hydrogen-bond donors (Lipinski definition) is 2. The number of aromatic amines is 1. The Labute approximate surface area is 109 Å². The molecule has 1 aliphatic rings. The number of piperidine rings is 1. The Morgan fingerprint density at radius 3 is 2.94 bits per heavy atom. The van der Waals surface area contributed by atoms with Gasteiger partial charge in [-0.15, -0.1) is 0 Å². The van der Waals surface area contributed by atoms with Gasteiger partial charge < -0.3 is 10.0 Å². The third kappa shape index (κ3) is 2.64. The topological polar surface area (TPSA) is 86.3 Å². The molecule has 1 atom stereocenters. The van der Waals surface area contributed by atoms with Gasteiger partial charge in [0.2, 0.25) is 0 Å². The van der Waals surface area contributed by atoms with Gasteiger partial charge in [-0.25, -0.2) is 0 Å². The monoisotopic (exact) mass is 271 g/mol. The summed E-state index contributed by atoms with van der Waals surface area (Å²) < 4.78 is 0. The Kier molecular flexibility index (Phi) is 3.86. The SMILES string of the molecule is O=C(O)C[C@@H]1CCCCN1C(=O)c1[nH]ncc1Cl. The van der Waals surface area contributed by atoms with Gasteiger partial charge in [-0.05, 0) is 19.3 Å². The molecule has 2 N–H and O–H groups in total. The van der Waals surface area contributed by atoms with E-state index in [9.17, 15) is 9.59 Å². The number of aliphatic carboxylic acids is 1. The second kappa shape index (κ2) is 5.39. The predicted molar refractivity (Wildman–Crippen MR) is 64.5 cm³/mol. The van der Waals surface area contributed by atoms with Crippen molar-refractivity contribution in [2.75, 3.05) is 6.54 Å². The summed E-state index contributed by atoms with van der Waals surface area (Å²) >= 11 is 5.85. The molecule has 6 nitrogen and oxygen atoms in total. The van der Waals surface area contributed by atoms with Crippen molar-refractivity contribution in [2.24, 2.45) is 0 Å². The van der Waals surface area contributed by atoms with E-state index in [0.717, 1.165) is 12.8 Å². The Morgan fingerprint density at radius 2 is 2.33 bits per heavy atom. The Morgan fingerprint density at radius 1 is 1.56 bits per heavy atom. The zero-order chi connectivity index (χ0) is 13.1.